The largest absolute Gasteiger partial charge is 0.463 e. The Morgan fingerprint density at radius 2 is 1.94 bits per heavy atom. The number of aromatic nitrogens is 3. The lowest BCUT2D eigenvalue weighted by molar-refractivity contribution is 0.122. The molecule has 0 saturated carbocycles. The van der Waals surface area contributed by atoms with E-state index in [0.29, 0.717) is 44.3 Å². The Labute approximate surface area is 211 Å². The Balaban J connectivity index is 0.000000658. The van der Waals surface area contributed by atoms with Gasteiger partial charge in [-0.15, -0.1) is 0 Å². The number of rotatable bonds is 8. The highest BCUT2D eigenvalue weighted by Crippen LogP contribution is 2.21. The summed E-state index contributed by atoms with van der Waals surface area (Å²) in [5, 5.41) is 4.33. The van der Waals surface area contributed by atoms with Crippen molar-refractivity contribution in [2.75, 3.05) is 49.5 Å². The number of hydrazone groups is 1. The molecule has 1 aliphatic heterocycles. The van der Waals surface area contributed by atoms with Crippen molar-refractivity contribution in [1.82, 2.24) is 15.0 Å². The second kappa shape index (κ2) is 13.5. The number of ether oxygens (including phenoxy) is 2. The van der Waals surface area contributed by atoms with E-state index in [9.17, 15) is 8.42 Å². The van der Waals surface area contributed by atoms with Crippen molar-refractivity contribution < 1.29 is 22.4 Å². The fourth-order valence-corrected chi connectivity index (χ4v) is 3.21. The predicted molar refractivity (Wildman–Crippen MR) is 138 cm³/mol. The van der Waals surface area contributed by atoms with E-state index in [1.54, 1.807) is 12.4 Å². The van der Waals surface area contributed by atoms with Crippen LogP contribution in [-0.4, -0.2) is 73.3 Å². The average Bonchev–Trinajstić information content (AvgIpc) is 2.84. The molecule has 0 aliphatic carbocycles. The van der Waals surface area contributed by atoms with Crippen molar-refractivity contribution >= 4 is 28.0 Å². The molecule has 0 atom stereocenters. The van der Waals surface area contributed by atoms with Crippen LogP contribution in [0.5, 0.6) is 6.01 Å². The van der Waals surface area contributed by atoms with Gasteiger partial charge < -0.3 is 14.4 Å². The first kappa shape index (κ1) is 27.0. The zero-order valence-electron chi connectivity index (χ0n) is 20.2. The fraction of sp³-hybridized carbons (Fsp3) is 0.333. The first-order valence-corrected chi connectivity index (χ1v) is 13.1. The van der Waals surface area contributed by atoms with E-state index in [2.05, 4.69) is 49.4 Å². The summed E-state index contributed by atoms with van der Waals surface area (Å²) in [6.45, 7) is 5.39. The number of anilines is 2. The van der Waals surface area contributed by atoms with Gasteiger partial charge in [-0.2, -0.15) is 23.5 Å². The zero-order valence-corrected chi connectivity index (χ0v) is 21.1. The van der Waals surface area contributed by atoms with Crippen molar-refractivity contribution in [3.05, 3.63) is 71.5 Å². The number of benzene rings is 1. The molecule has 2 N–H and O–H groups in total. The van der Waals surface area contributed by atoms with E-state index >= 15 is 0 Å². The van der Waals surface area contributed by atoms with Gasteiger partial charge in [0.15, 0.2) is 5.82 Å². The minimum Gasteiger partial charge on any atom is -0.463 e. The van der Waals surface area contributed by atoms with Crippen LogP contribution >= 0.6 is 0 Å². The van der Waals surface area contributed by atoms with Crippen molar-refractivity contribution in [2.45, 2.75) is 13.3 Å². The van der Waals surface area contributed by atoms with Crippen molar-refractivity contribution in [3.8, 4) is 6.01 Å². The first-order chi connectivity index (χ1) is 17.3. The molecule has 0 amide bonds. The summed E-state index contributed by atoms with van der Waals surface area (Å²) in [6.07, 6.45) is 4.94. The van der Waals surface area contributed by atoms with Gasteiger partial charge in [0.1, 0.15) is 5.82 Å². The molecule has 36 heavy (non-hydrogen) atoms. The molecule has 0 spiro atoms. The average molecular weight is 515 g/mol. The maximum atomic E-state index is 9.19. The van der Waals surface area contributed by atoms with Crippen LogP contribution in [0.15, 0.2) is 59.8 Å². The third-order valence-corrected chi connectivity index (χ3v) is 4.78. The standard InChI is InChI=1S/C23H26N6O2.CH4O3S/c1-18-5-4-6-19(15-18)17-25-28-21-16-22(29-10-13-30-14-11-29)27-23(26-21)31-12-8-20-7-2-3-9-24-20;1-5(2,3)4/h2-7,9,15-17H,8,10-14H2,1H3,(H,26,27,28);1H3,(H,2,3,4)/b25-17+;. The van der Waals surface area contributed by atoms with Crippen LogP contribution in [0.2, 0.25) is 0 Å². The number of pyridine rings is 1. The van der Waals surface area contributed by atoms with Crippen molar-refractivity contribution in [2.24, 2.45) is 5.10 Å². The Bertz CT molecular complexity index is 1230. The van der Waals surface area contributed by atoms with Crippen molar-refractivity contribution in [1.29, 1.82) is 0 Å². The highest BCUT2D eigenvalue weighted by molar-refractivity contribution is 7.85. The summed E-state index contributed by atoms with van der Waals surface area (Å²) in [5.74, 6) is 1.37. The summed E-state index contributed by atoms with van der Waals surface area (Å²) < 4.78 is 37.2. The van der Waals surface area contributed by atoms with Gasteiger partial charge in [-0.05, 0) is 24.6 Å². The van der Waals surface area contributed by atoms with Gasteiger partial charge in [0.05, 0.1) is 32.3 Å². The molecular weight excluding hydrogens is 484 g/mol. The maximum absolute atomic E-state index is 9.19. The summed E-state index contributed by atoms with van der Waals surface area (Å²) in [6, 6.07) is 16.2. The highest BCUT2D eigenvalue weighted by atomic mass is 32.2. The summed E-state index contributed by atoms with van der Waals surface area (Å²) in [7, 11) is -3.67. The summed E-state index contributed by atoms with van der Waals surface area (Å²) >= 11 is 0. The number of nitrogens with one attached hydrogen (secondary N) is 1. The summed E-state index contributed by atoms with van der Waals surface area (Å²) in [5.41, 5.74) is 6.17. The van der Waals surface area contributed by atoms with Gasteiger partial charge in [-0.3, -0.25) is 15.0 Å². The number of aryl methyl sites for hydroxylation is 1. The Kier molecular flexibility index (Phi) is 10.1. The second-order valence-electron chi connectivity index (χ2n) is 7.93. The molecule has 192 valence electrons. The molecule has 2 aromatic heterocycles. The maximum Gasteiger partial charge on any atom is 0.320 e. The molecule has 3 heterocycles. The first-order valence-electron chi connectivity index (χ1n) is 11.3. The third-order valence-electron chi connectivity index (χ3n) is 4.78. The number of morpholine rings is 1. The molecule has 0 bridgehead atoms. The quantitative estimate of drug-likeness (QED) is 0.262. The number of hydrogen-bond donors (Lipinski definition) is 2. The Morgan fingerprint density at radius 3 is 2.64 bits per heavy atom. The molecule has 1 saturated heterocycles. The van der Waals surface area contributed by atoms with Gasteiger partial charge in [-0.1, -0.05) is 35.9 Å². The van der Waals surface area contributed by atoms with E-state index in [-0.39, 0.29) is 0 Å². The number of hydrogen-bond acceptors (Lipinski definition) is 10. The van der Waals surface area contributed by atoms with E-state index < -0.39 is 10.1 Å². The molecule has 3 aromatic rings. The number of nitrogens with zero attached hydrogens (tertiary/aromatic N) is 5. The summed E-state index contributed by atoms with van der Waals surface area (Å²) in [4.78, 5) is 15.5. The third kappa shape index (κ3) is 10.3. The topological polar surface area (TPSA) is 139 Å². The normalized spacial score (nSPS) is 13.7. The van der Waals surface area contributed by atoms with E-state index in [0.717, 1.165) is 30.2 Å². The molecule has 1 fully saturated rings. The van der Waals surface area contributed by atoms with Gasteiger partial charge in [0.2, 0.25) is 0 Å². The SMILES string of the molecule is CS(=O)(=O)O.Cc1cccc(/C=N/Nc2cc(N3CCOCC3)nc(OCCc3ccccn3)n2)c1. The molecule has 1 aliphatic rings. The molecule has 4 rings (SSSR count). The van der Waals surface area contributed by atoms with Crippen LogP contribution in [0.25, 0.3) is 0 Å². The van der Waals surface area contributed by atoms with E-state index in [4.69, 9.17) is 14.0 Å². The van der Waals surface area contributed by atoms with Crippen LogP contribution < -0.4 is 15.1 Å². The lowest BCUT2D eigenvalue weighted by atomic mass is 10.2. The van der Waals surface area contributed by atoms with Crippen LogP contribution in [0.4, 0.5) is 11.6 Å². The van der Waals surface area contributed by atoms with Gasteiger partial charge in [-0.25, -0.2) is 0 Å². The molecule has 0 unspecified atom stereocenters. The smallest absolute Gasteiger partial charge is 0.320 e. The lowest BCUT2D eigenvalue weighted by Crippen LogP contribution is -2.36. The second-order valence-corrected chi connectivity index (χ2v) is 9.40. The van der Waals surface area contributed by atoms with Gasteiger partial charge >= 0.3 is 6.01 Å². The lowest BCUT2D eigenvalue weighted by Gasteiger charge is -2.28. The minimum atomic E-state index is -3.67. The van der Waals surface area contributed by atoms with Crippen LogP contribution in [0.1, 0.15) is 16.8 Å². The molecule has 1 aromatic carbocycles. The molecule has 12 heteroatoms. The fourth-order valence-electron chi connectivity index (χ4n) is 3.21. The molecular formula is C24H30N6O5S. The van der Waals surface area contributed by atoms with Gasteiger partial charge in [0.25, 0.3) is 10.1 Å². The molecule has 11 nitrogen and oxygen atoms in total. The van der Waals surface area contributed by atoms with Crippen molar-refractivity contribution in [3.63, 3.8) is 0 Å². The van der Waals surface area contributed by atoms with Crippen LogP contribution in [0.3, 0.4) is 0 Å². The van der Waals surface area contributed by atoms with E-state index in [1.807, 2.05) is 36.4 Å². The monoisotopic (exact) mass is 514 g/mol. The Hall–Kier alpha value is -3.61. The van der Waals surface area contributed by atoms with Gasteiger partial charge in [0, 0.05) is 37.5 Å². The van der Waals surface area contributed by atoms with E-state index in [1.165, 1.54) is 5.56 Å². The van der Waals surface area contributed by atoms with Crippen LogP contribution in [0, 0.1) is 6.92 Å². The highest BCUT2D eigenvalue weighted by Gasteiger charge is 2.15. The zero-order chi connectivity index (χ0) is 25.8. The minimum absolute atomic E-state index is 0.313. The van der Waals surface area contributed by atoms with Crippen LogP contribution in [-0.2, 0) is 21.3 Å². The molecule has 0 radical (unpaired) electrons. The predicted octanol–water partition coefficient (Wildman–Crippen LogP) is 2.59. The Morgan fingerprint density at radius 1 is 1.17 bits per heavy atom.